The Kier molecular flexibility index (Phi) is 5.01. The first-order chi connectivity index (χ1) is 15.3. The Balaban J connectivity index is 1.56. The minimum atomic E-state index is -4.41. The fraction of sp³-hybridized carbons (Fsp3) is 0.364. The standard InChI is InChI=1S/C22H21F3N4O2S/c1-28-10-16-15-9-18(20(31)26-17(11-30)12-3-2-4-12)32-21(15)29(19(16)27-28)14-7-5-13(6-8-14)22(23,24)25/h5-10,12,17,30H,2-4,11H2,1H3,(H,26,31)/t17-/m1/s1. The maximum absolute atomic E-state index is 13.0. The lowest BCUT2D eigenvalue weighted by Crippen LogP contribution is -2.45. The topological polar surface area (TPSA) is 72.1 Å². The molecule has 5 rings (SSSR count). The van der Waals surface area contributed by atoms with Crippen molar-refractivity contribution in [2.75, 3.05) is 6.61 Å². The molecule has 1 aromatic carbocycles. The molecule has 1 atom stereocenters. The summed E-state index contributed by atoms with van der Waals surface area (Å²) in [6.45, 7) is -0.105. The molecule has 10 heteroatoms. The second-order valence-electron chi connectivity index (χ2n) is 8.20. The van der Waals surface area contributed by atoms with Gasteiger partial charge in [0, 0.05) is 29.7 Å². The summed E-state index contributed by atoms with van der Waals surface area (Å²) in [6.07, 6.45) is 0.511. The zero-order chi connectivity index (χ0) is 22.6. The minimum Gasteiger partial charge on any atom is -0.394 e. The van der Waals surface area contributed by atoms with Crippen molar-refractivity contribution in [3.63, 3.8) is 0 Å². The maximum Gasteiger partial charge on any atom is 0.416 e. The van der Waals surface area contributed by atoms with Gasteiger partial charge in [-0.3, -0.25) is 14.0 Å². The van der Waals surface area contributed by atoms with Crippen LogP contribution >= 0.6 is 11.3 Å². The van der Waals surface area contributed by atoms with Crippen LogP contribution in [0.4, 0.5) is 13.2 Å². The Morgan fingerprint density at radius 3 is 2.59 bits per heavy atom. The van der Waals surface area contributed by atoms with E-state index in [4.69, 9.17) is 0 Å². The number of carbonyl (C=O) groups is 1. The minimum absolute atomic E-state index is 0.105. The fourth-order valence-corrected chi connectivity index (χ4v) is 5.31. The van der Waals surface area contributed by atoms with Crippen LogP contribution in [0, 0.1) is 5.92 Å². The van der Waals surface area contributed by atoms with E-state index in [1.54, 1.807) is 22.4 Å². The molecule has 1 saturated carbocycles. The quantitative estimate of drug-likeness (QED) is 0.459. The number of aryl methyl sites for hydroxylation is 1. The van der Waals surface area contributed by atoms with Crippen LogP contribution in [0.25, 0.3) is 26.9 Å². The van der Waals surface area contributed by atoms with Gasteiger partial charge >= 0.3 is 6.18 Å². The highest BCUT2D eigenvalue weighted by molar-refractivity contribution is 7.20. The van der Waals surface area contributed by atoms with Crippen LogP contribution in [-0.4, -0.2) is 38.0 Å². The Hall–Kier alpha value is -2.85. The Bertz CT molecular complexity index is 1300. The van der Waals surface area contributed by atoms with Crippen molar-refractivity contribution in [1.82, 2.24) is 19.7 Å². The molecule has 4 aromatic rings. The van der Waals surface area contributed by atoms with Crippen molar-refractivity contribution in [3.05, 3.63) is 47.0 Å². The summed E-state index contributed by atoms with van der Waals surface area (Å²) in [5.41, 5.74) is 0.426. The molecule has 1 fully saturated rings. The highest BCUT2D eigenvalue weighted by Crippen LogP contribution is 2.38. The van der Waals surface area contributed by atoms with Crippen molar-refractivity contribution in [3.8, 4) is 5.69 Å². The van der Waals surface area contributed by atoms with Crippen LogP contribution in [0.2, 0.25) is 0 Å². The van der Waals surface area contributed by atoms with Crippen molar-refractivity contribution < 1.29 is 23.1 Å². The van der Waals surface area contributed by atoms with Gasteiger partial charge in [-0.1, -0.05) is 6.42 Å². The number of carbonyl (C=O) groups excluding carboxylic acids is 1. The van der Waals surface area contributed by atoms with E-state index >= 15 is 0 Å². The third-order valence-corrected chi connectivity index (χ3v) is 7.25. The predicted molar refractivity (Wildman–Crippen MR) is 116 cm³/mol. The lowest BCUT2D eigenvalue weighted by atomic mass is 9.80. The summed E-state index contributed by atoms with van der Waals surface area (Å²) >= 11 is 1.26. The lowest BCUT2D eigenvalue weighted by molar-refractivity contribution is -0.137. The fourth-order valence-electron chi connectivity index (χ4n) is 4.21. The summed E-state index contributed by atoms with van der Waals surface area (Å²) < 4.78 is 42.4. The molecule has 0 saturated heterocycles. The number of hydrogen-bond acceptors (Lipinski definition) is 4. The third kappa shape index (κ3) is 3.47. The summed E-state index contributed by atoms with van der Waals surface area (Å²) in [6, 6.07) is 6.43. The van der Waals surface area contributed by atoms with Gasteiger partial charge in [-0.2, -0.15) is 18.3 Å². The number of benzene rings is 1. The molecule has 1 amide bonds. The number of hydrogen-bond donors (Lipinski definition) is 2. The molecule has 6 nitrogen and oxygen atoms in total. The van der Waals surface area contributed by atoms with Gasteiger partial charge in [-0.25, -0.2) is 0 Å². The first kappa shape index (κ1) is 21.0. The van der Waals surface area contributed by atoms with Crippen molar-refractivity contribution >= 4 is 38.5 Å². The van der Waals surface area contributed by atoms with E-state index < -0.39 is 11.7 Å². The van der Waals surface area contributed by atoms with Gasteiger partial charge in [0.2, 0.25) is 0 Å². The lowest BCUT2D eigenvalue weighted by Gasteiger charge is -2.32. The molecular formula is C22H21F3N4O2S. The number of alkyl halides is 3. The van der Waals surface area contributed by atoms with Crippen molar-refractivity contribution in [2.45, 2.75) is 31.5 Å². The zero-order valence-corrected chi connectivity index (χ0v) is 18.0. The second-order valence-corrected chi connectivity index (χ2v) is 9.23. The molecule has 1 aliphatic carbocycles. The molecule has 0 unspecified atom stereocenters. The number of nitrogens with one attached hydrogen (secondary N) is 1. The van der Waals surface area contributed by atoms with Gasteiger partial charge in [-0.15, -0.1) is 11.3 Å². The number of fused-ring (bicyclic) bond motifs is 3. The molecule has 0 spiro atoms. The summed E-state index contributed by atoms with van der Waals surface area (Å²) in [5, 5.41) is 18.7. The number of thiophene rings is 1. The van der Waals surface area contributed by atoms with E-state index in [1.165, 1.54) is 23.5 Å². The number of amides is 1. The van der Waals surface area contributed by atoms with Crippen molar-refractivity contribution in [1.29, 1.82) is 0 Å². The first-order valence-corrected chi connectivity index (χ1v) is 11.1. The molecule has 3 heterocycles. The van der Waals surface area contributed by atoms with Crippen LogP contribution in [-0.2, 0) is 13.2 Å². The maximum atomic E-state index is 13.0. The number of aromatic nitrogens is 3. The molecule has 32 heavy (non-hydrogen) atoms. The zero-order valence-electron chi connectivity index (χ0n) is 17.2. The Labute approximate surface area is 185 Å². The highest BCUT2D eigenvalue weighted by Gasteiger charge is 2.31. The van der Waals surface area contributed by atoms with Gasteiger partial charge in [0.15, 0.2) is 5.65 Å². The van der Waals surface area contributed by atoms with Crippen molar-refractivity contribution in [2.24, 2.45) is 13.0 Å². The largest absolute Gasteiger partial charge is 0.416 e. The first-order valence-electron chi connectivity index (χ1n) is 10.3. The normalized spacial score (nSPS) is 15.9. The molecule has 0 aliphatic heterocycles. The van der Waals surface area contributed by atoms with Crippen LogP contribution in [0.15, 0.2) is 36.5 Å². The Morgan fingerprint density at radius 1 is 1.28 bits per heavy atom. The van der Waals surface area contributed by atoms with Crippen LogP contribution < -0.4 is 5.32 Å². The van der Waals surface area contributed by atoms with E-state index in [2.05, 4.69) is 10.4 Å². The SMILES string of the molecule is Cn1cc2c3cc(C(=O)N[C@H](CO)C4CCC4)sc3n(-c3ccc(C(F)(F)F)cc3)c2n1. The number of rotatable bonds is 5. The molecule has 168 valence electrons. The molecule has 0 radical (unpaired) electrons. The van der Waals surface area contributed by atoms with Crippen LogP contribution in [0.3, 0.4) is 0 Å². The number of aliphatic hydroxyl groups excluding tert-OH is 1. The predicted octanol–water partition coefficient (Wildman–Crippen LogP) is 4.49. The smallest absolute Gasteiger partial charge is 0.394 e. The summed E-state index contributed by atoms with van der Waals surface area (Å²) in [4.78, 5) is 14.1. The van der Waals surface area contributed by atoms with E-state index in [0.717, 1.165) is 47.0 Å². The number of nitrogens with zero attached hydrogens (tertiary/aromatic N) is 3. The average molecular weight is 462 g/mol. The van der Waals surface area contributed by atoms with E-state index in [0.29, 0.717) is 22.1 Å². The highest BCUT2D eigenvalue weighted by atomic mass is 32.1. The third-order valence-electron chi connectivity index (χ3n) is 6.14. The summed E-state index contributed by atoms with van der Waals surface area (Å²) in [5.74, 6) is 0.0393. The average Bonchev–Trinajstić information content (AvgIpc) is 3.35. The van der Waals surface area contributed by atoms with Gasteiger partial charge < -0.3 is 10.4 Å². The van der Waals surface area contributed by atoms with Gasteiger partial charge in [-0.05, 0) is 49.1 Å². The number of halogens is 3. The monoisotopic (exact) mass is 462 g/mol. The molecule has 2 N–H and O–H groups in total. The van der Waals surface area contributed by atoms with Gasteiger partial charge in [0.25, 0.3) is 5.91 Å². The van der Waals surface area contributed by atoms with E-state index in [9.17, 15) is 23.1 Å². The van der Waals surface area contributed by atoms with Gasteiger partial charge in [0.05, 0.1) is 23.1 Å². The Morgan fingerprint density at radius 2 is 2.00 bits per heavy atom. The van der Waals surface area contributed by atoms with Gasteiger partial charge in [0.1, 0.15) is 4.83 Å². The molecule has 0 bridgehead atoms. The van der Waals surface area contributed by atoms with Crippen LogP contribution in [0.5, 0.6) is 0 Å². The second kappa shape index (κ2) is 7.63. The summed E-state index contributed by atoms with van der Waals surface area (Å²) in [7, 11) is 1.77. The van der Waals surface area contributed by atoms with E-state index in [-0.39, 0.29) is 18.6 Å². The molecule has 3 aromatic heterocycles. The number of aliphatic hydroxyl groups is 1. The van der Waals surface area contributed by atoms with Crippen LogP contribution in [0.1, 0.15) is 34.5 Å². The van der Waals surface area contributed by atoms with E-state index in [1.807, 2.05) is 6.20 Å². The molecular weight excluding hydrogens is 441 g/mol. The molecule has 1 aliphatic rings.